The molecule has 1 aromatic carbocycles. The van der Waals surface area contributed by atoms with Crippen LogP contribution >= 0.6 is 0 Å². The van der Waals surface area contributed by atoms with Crippen LogP contribution in [0.3, 0.4) is 0 Å². The molecule has 1 aromatic heterocycles. The Hall–Kier alpha value is -2.36. The van der Waals surface area contributed by atoms with Crippen LogP contribution in [0.15, 0.2) is 36.4 Å². The third kappa shape index (κ3) is 2.00. The lowest BCUT2D eigenvalue weighted by Crippen LogP contribution is -1.98. The van der Waals surface area contributed by atoms with E-state index in [9.17, 15) is 9.59 Å². The summed E-state index contributed by atoms with van der Waals surface area (Å²) in [5.74, 6) is 0.382. The smallest absolute Gasteiger partial charge is 0.168 e. The molecule has 0 bridgehead atoms. The zero-order chi connectivity index (χ0) is 11.4. The van der Waals surface area contributed by atoms with Crippen LogP contribution in [0.2, 0.25) is 0 Å². The molecule has 0 saturated carbocycles. The van der Waals surface area contributed by atoms with Gasteiger partial charge in [-0.2, -0.15) is 0 Å². The molecule has 2 aromatic rings. The lowest BCUT2D eigenvalue weighted by molar-refractivity contribution is 0.111. The molecule has 78 valence electrons. The third-order valence-electron chi connectivity index (χ3n) is 2.04. The van der Waals surface area contributed by atoms with Gasteiger partial charge < -0.3 is 0 Å². The van der Waals surface area contributed by atoms with E-state index in [0.29, 0.717) is 18.4 Å². The fraction of sp³-hybridized carbons (Fsp3) is 0. The highest BCUT2D eigenvalue weighted by atomic mass is 16.1. The molecule has 0 N–H and O–H groups in total. The van der Waals surface area contributed by atoms with Gasteiger partial charge in [0.2, 0.25) is 0 Å². The number of aldehydes is 2. The molecule has 0 amide bonds. The summed E-state index contributed by atoms with van der Waals surface area (Å²) < 4.78 is 0. The second kappa shape index (κ2) is 4.44. The van der Waals surface area contributed by atoms with E-state index in [1.807, 2.05) is 30.3 Å². The molecule has 16 heavy (non-hydrogen) atoms. The molecule has 0 atom stereocenters. The predicted octanol–water partition coefficient (Wildman–Crippen LogP) is 1.77. The van der Waals surface area contributed by atoms with Gasteiger partial charge in [-0.25, -0.2) is 9.97 Å². The van der Waals surface area contributed by atoms with Crippen molar-refractivity contribution in [3.8, 4) is 11.4 Å². The highest BCUT2D eigenvalue weighted by molar-refractivity contribution is 5.79. The van der Waals surface area contributed by atoms with Crippen molar-refractivity contribution < 1.29 is 9.59 Å². The molecule has 0 aliphatic rings. The van der Waals surface area contributed by atoms with E-state index >= 15 is 0 Å². The van der Waals surface area contributed by atoms with Crippen LogP contribution < -0.4 is 0 Å². The van der Waals surface area contributed by atoms with Crippen molar-refractivity contribution in [1.82, 2.24) is 9.97 Å². The van der Waals surface area contributed by atoms with Crippen LogP contribution in [0.25, 0.3) is 11.4 Å². The van der Waals surface area contributed by atoms with Gasteiger partial charge in [0, 0.05) is 5.56 Å². The number of carbonyl (C=O) groups is 2. The van der Waals surface area contributed by atoms with Crippen molar-refractivity contribution in [2.45, 2.75) is 0 Å². The van der Waals surface area contributed by atoms with Gasteiger partial charge >= 0.3 is 0 Å². The first kappa shape index (κ1) is 10.2. The van der Waals surface area contributed by atoms with Gasteiger partial charge in [0.25, 0.3) is 0 Å². The summed E-state index contributed by atoms with van der Waals surface area (Å²) in [6, 6.07) is 10.5. The Morgan fingerprint density at radius 1 is 0.875 bits per heavy atom. The fourth-order valence-corrected chi connectivity index (χ4v) is 1.32. The average molecular weight is 212 g/mol. The van der Waals surface area contributed by atoms with E-state index in [1.54, 1.807) is 0 Å². The van der Waals surface area contributed by atoms with Crippen LogP contribution in [0.1, 0.15) is 21.0 Å². The molecule has 4 nitrogen and oxygen atoms in total. The third-order valence-corrected chi connectivity index (χ3v) is 2.04. The predicted molar refractivity (Wildman–Crippen MR) is 58.2 cm³/mol. The van der Waals surface area contributed by atoms with Crippen LogP contribution in [0.4, 0.5) is 0 Å². The summed E-state index contributed by atoms with van der Waals surface area (Å²) in [7, 11) is 0. The first-order valence-corrected chi connectivity index (χ1v) is 4.68. The van der Waals surface area contributed by atoms with E-state index in [4.69, 9.17) is 0 Å². The second-order valence-electron chi connectivity index (χ2n) is 3.14. The molecule has 1 heterocycles. The van der Waals surface area contributed by atoms with Crippen molar-refractivity contribution in [3.63, 3.8) is 0 Å². The summed E-state index contributed by atoms with van der Waals surface area (Å²) in [4.78, 5) is 29.4. The summed E-state index contributed by atoms with van der Waals surface area (Å²) >= 11 is 0. The highest BCUT2D eigenvalue weighted by Gasteiger charge is 2.05. The van der Waals surface area contributed by atoms with Gasteiger partial charge in [-0.3, -0.25) is 9.59 Å². The molecule has 2 rings (SSSR count). The van der Waals surface area contributed by atoms with Crippen LogP contribution in [-0.2, 0) is 0 Å². The maximum Gasteiger partial charge on any atom is 0.168 e. The van der Waals surface area contributed by atoms with Gasteiger partial charge in [-0.1, -0.05) is 30.3 Å². The summed E-state index contributed by atoms with van der Waals surface area (Å²) in [5.41, 5.74) is 1.18. The standard InChI is InChI=1S/C12H8N2O2/c15-7-10-6-11(8-16)14-12(13-10)9-4-2-1-3-5-9/h1-8H. The average Bonchev–Trinajstić information content (AvgIpc) is 2.39. The summed E-state index contributed by atoms with van der Waals surface area (Å²) in [5, 5.41) is 0. The molecule has 0 spiro atoms. The van der Waals surface area contributed by atoms with Crippen molar-refractivity contribution in [3.05, 3.63) is 47.8 Å². The minimum Gasteiger partial charge on any atom is -0.296 e. The molecule has 0 unspecified atom stereocenters. The van der Waals surface area contributed by atoms with Gasteiger partial charge in [0.05, 0.1) is 0 Å². The van der Waals surface area contributed by atoms with Gasteiger partial charge in [0.15, 0.2) is 18.4 Å². The van der Waals surface area contributed by atoms with Crippen molar-refractivity contribution >= 4 is 12.6 Å². The Bertz CT molecular complexity index is 498. The Kier molecular flexibility index (Phi) is 2.82. The number of hydrogen-bond acceptors (Lipinski definition) is 4. The molecule has 0 saturated heterocycles. The summed E-state index contributed by atoms with van der Waals surface area (Å²) in [6.45, 7) is 0. The largest absolute Gasteiger partial charge is 0.296 e. The van der Waals surface area contributed by atoms with E-state index in [2.05, 4.69) is 9.97 Å². The number of benzene rings is 1. The zero-order valence-corrected chi connectivity index (χ0v) is 8.33. The first-order chi connectivity index (χ1) is 7.83. The number of carbonyl (C=O) groups excluding carboxylic acids is 2. The minimum absolute atomic E-state index is 0.205. The van der Waals surface area contributed by atoms with Crippen molar-refractivity contribution in [2.24, 2.45) is 0 Å². The normalized spacial score (nSPS) is 9.75. The minimum atomic E-state index is 0.205. The molecule has 0 aliphatic carbocycles. The van der Waals surface area contributed by atoms with Crippen molar-refractivity contribution in [2.75, 3.05) is 0 Å². The summed E-state index contributed by atoms with van der Waals surface area (Å²) in [6.07, 6.45) is 1.20. The molecule has 4 heteroatoms. The van der Waals surface area contributed by atoms with E-state index in [-0.39, 0.29) is 11.4 Å². The first-order valence-electron chi connectivity index (χ1n) is 4.68. The van der Waals surface area contributed by atoms with E-state index in [0.717, 1.165) is 5.56 Å². The lowest BCUT2D eigenvalue weighted by atomic mass is 10.2. The Morgan fingerprint density at radius 2 is 1.44 bits per heavy atom. The van der Waals surface area contributed by atoms with Crippen LogP contribution in [0, 0.1) is 0 Å². The number of aromatic nitrogens is 2. The number of rotatable bonds is 3. The zero-order valence-electron chi connectivity index (χ0n) is 8.33. The Balaban J connectivity index is 2.56. The fourth-order valence-electron chi connectivity index (χ4n) is 1.32. The van der Waals surface area contributed by atoms with Crippen LogP contribution in [0.5, 0.6) is 0 Å². The van der Waals surface area contributed by atoms with Gasteiger partial charge in [0.1, 0.15) is 11.4 Å². The Labute approximate surface area is 92.0 Å². The molecular weight excluding hydrogens is 204 g/mol. The highest BCUT2D eigenvalue weighted by Crippen LogP contribution is 2.14. The van der Waals surface area contributed by atoms with E-state index in [1.165, 1.54) is 6.07 Å². The van der Waals surface area contributed by atoms with Gasteiger partial charge in [-0.15, -0.1) is 0 Å². The molecular formula is C12H8N2O2. The maximum atomic E-state index is 10.7. The molecule has 0 radical (unpaired) electrons. The quantitative estimate of drug-likeness (QED) is 0.727. The van der Waals surface area contributed by atoms with E-state index < -0.39 is 0 Å². The Morgan fingerprint density at radius 3 is 1.94 bits per heavy atom. The van der Waals surface area contributed by atoms with Crippen molar-refractivity contribution in [1.29, 1.82) is 0 Å². The van der Waals surface area contributed by atoms with Gasteiger partial charge in [-0.05, 0) is 6.07 Å². The van der Waals surface area contributed by atoms with Crippen LogP contribution in [-0.4, -0.2) is 22.5 Å². The lowest BCUT2D eigenvalue weighted by Gasteiger charge is -2.01. The molecule has 0 aliphatic heterocycles. The number of hydrogen-bond donors (Lipinski definition) is 0. The SMILES string of the molecule is O=Cc1cc(C=O)nc(-c2ccccc2)n1. The number of nitrogens with zero attached hydrogens (tertiary/aromatic N) is 2. The second-order valence-corrected chi connectivity index (χ2v) is 3.14. The maximum absolute atomic E-state index is 10.7. The topological polar surface area (TPSA) is 59.9 Å². The molecule has 0 fully saturated rings. The monoisotopic (exact) mass is 212 g/mol.